The Balaban J connectivity index is 1.70. The molecule has 2 aromatic heterocycles. The second-order valence-corrected chi connectivity index (χ2v) is 11.5. The third-order valence-corrected chi connectivity index (χ3v) is 8.22. The maximum atomic E-state index is 14.3. The van der Waals surface area contributed by atoms with Gasteiger partial charge in [-0.2, -0.15) is 0 Å². The summed E-state index contributed by atoms with van der Waals surface area (Å²) in [5.74, 6) is 0.225. The Morgan fingerprint density at radius 1 is 1.26 bits per heavy atom. The monoisotopic (exact) mass is 540 g/mol. The highest BCUT2D eigenvalue weighted by Gasteiger charge is 2.31. The number of carbonyl (C=O) groups excluding carboxylic acids is 2. The summed E-state index contributed by atoms with van der Waals surface area (Å²) in [4.78, 5) is 32.8. The van der Waals surface area contributed by atoms with E-state index in [1.54, 1.807) is 30.4 Å². The highest BCUT2D eigenvalue weighted by molar-refractivity contribution is 6.35. The van der Waals surface area contributed by atoms with E-state index < -0.39 is 5.82 Å². The van der Waals surface area contributed by atoms with Gasteiger partial charge in [-0.05, 0) is 75.3 Å². The molecule has 1 aromatic carbocycles. The van der Waals surface area contributed by atoms with Crippen LogP contribution in [0.1, 0.15) is 62.9 Å². The van der Waals surface area contributed by atoms with Gasteiger partial charge >= 0.3 is 0 Å². The summed E-state index contributed by atoms with van der Waals surface area (Å²) >= 11 is 6.69. The van der Waals surface area contributed by atoms with Gasteiger partial charge in [-0.1, -0.05) is 25.4 Å². The van der Waals surface area contributed by atoms with Gasteiger partial charge in [0.1, 0.15) is 12.1 Å². The topological polar surface area (TPSA) is 58.4 Å². The molecule has 1 aliphatic heterocycles. The van der Waals surface area contributed by atoms with Crippen molar-refractivity contribution in [2.75, 3.05) is 20.1 Å². The van der Waals surface area contributed by atoms with Gasteiger partial charge < -0.3 is 14.3 Å². The number of hydrogen-bond donors (Lipinski definition) is 0. The lowest BCUT2D eigenvalue weighted by atomic mass is 9.97. The van der Waals surface area contributed by atoms with Crippen molar-refractivity contribution in [3.63, 3.8) is 0 Å². The zero-order chi connectivity index (χ0) is 27.6. The summed E-state index contributed by atoms with van der Waals surface area (Å²) in [5, 5.41) is 1.48. The summed E-state index contributed by atoms with van der Waals surface area (Å²) in [6.45, 7) is 10.3. The second-order valence-electron chi connectivity index (χ2n) is 11.1. The van der Waals surface area contributed by atoms with Gasteiger partial charge in [0.15, 0.2) is 0 Å². The van der Waals surface area contributed by atoms with Crippen LogP contribution in [-0.2, 0) is 11.2 Å². The van der Waals surface area contributed by atoms with E-state index in [-0.39, 0.29) is 11.9 Å². The van der Waals surface area contributed by atoms with Crippen molar-refractivity contribution in [3.05, 3.63) is 58.8 Å². The average Bonchev–Trinajstić information content (AvgIpc) is 3.49. The lowest BCUT2D eigenvalue weighted by molar-refractivity contribution is -0.108. The maximum Gasteiger partial charge on any atom is 0.256 e. The molecule has 0 radical (unpaired) electrons. The standard InChI is InChI=1S/C30H38ClFN4O2/c1-19(2)26(7-6-12-37)35-11-10-21(17-35)13-22-18-36(28-16-33-15-25(31)29(22)28)27-9-8-23(32)14-24(27)30(38)34(5)20(3)4/h8-9,12,14-16,18-21,26H,6-7,10-11,13,17H2,1-5H3/t21-,26?/m0/s1. The zero-order valence-electron chi connectivity index (χ0n) is 23.0. The highest BCUT2D eigenvalue weighted by atomic mass is 35.5. The quantitative estimate of drug-likeness (QED) is 0.289. The summed E-state index contributed by atoms with van der Waals surface area (Å²) < 4.78 is 16.3. The summed E-state index contributed by atoms with van der Waals surface area (Å²) in [6, 6.07) is 4.70. The second kappa shape index (κ2) is 12.0. The molecule has 0 bridgehead atoms. The number of halogens is 2. The molecule has 2 atom stereocenters. The van der Waals surface area contributed by atoms with E-state index in [0.29, 0.717) is 40.6 Å². The van der Waals surface area contributed by atoms with Crippen LogP contribution >= 0.6 is 11.6 Å². The number of hydrogen-bond acceptors (Lipinski definition) is 4. The predicted octanol–water partition coefficient (Wildman–Crippen LogP) is 6.17. The molecular formula is C30H38ClFN4O2. The minimum absolute atomic E-state index is 0.0294. The molecule has 1 saturated heterocycles. The number of aromatic nitrogens is 2. The molecular weight excluding hydrogens is 503 g/mol. The number of aldehydes is 1. The molecule has 4 rings (SSSR count). The summed E-state index contributed by atoms with van der Waals surface area (Å²) in [7, 11) is 1.73. The Morgan fingerprint density at radius 2 is 2.03 bits per heavy atom. The first kappa shape index (κ1) is 28.2. The first-order chi connectivity index (χ1) is 18.1. The molecule has 38 heavy (non-hydrogen) atoms. The lowest BCUT2D eigenvalue weighted by Gasteiger charge is -2.30. The molecule has 204 valence electrons. The first-order valence-electron chi connectivity index (χ1n) is 13.5. The molecule has 3 aromatic rings. The zero-order valence-corrected chi connectivity index (χ0v) is 23.7. The SMILES string of the molecule is CC(C)C(CCC=O)N1CC[C@@H](Cc2cn(-c3ccc(F)cc3C(=O)N(C)C(C)C)c3cncc(Cl)c23)C1. The minimum atomic E-state index is -0.456. The molecule has 0 N–H and O–H groups in total. The Labute approximate surface area is 229 Å². The maximum absolute atomic E-state index is 14.3. The van der Waals surface area contributed by atoms with Crippen LogP contribution in [0.4, 0.5) is 4.39 Å². The molecule has 1 amide bonds. The first-order valence-corrected chi connectivity index (χ1v) is 13.9. The molecule has 0 aliphatic carbocycles. The van der Waals surface area contributed by atoms with E-state index in [0.717, 1.165) is 55.1 Å². The number of pyridine rings is 1. The minimum Gasteiger partial charge on any atom is -0.339 e. The largest absolute Gasteiger partial charge is 0.339 e. The Bertz CT molecular complexity index is 1300. The Hall–Kier alpha value is -2.77. The van der Waals surface area contributed by atoms with Crippen LogP contribution < -0.4 is 0 Å². The van der Waals surface area contributed by atoms with Crippen molar-refractivity contribution >= 4 is 34.7 Å². The highest BCUT2D eigenvalue weighted by Crippen LogP contribution is 2.35. The fraction of sp³-hybridized carbons (Fsp3) is 0.500. The molecule has 3 heterocycles. The molecule has 8 heteroatoms. The van der Waals surface area contributed by atoms with Crippen LogP contribution in [0.5, 0.6) is 0 Å². The lowest BCUT2D eigenvalue weighted by Crippen LogP contribution is -2.37. The molecule has 1 unspecified atom stereocenters. The summed E-state index contributed by atoms with van der Waals surface area (Å²) in [6.07, 6.45) is 9.83. The van der Waals surface area contributed by atoms with Gasteiger partial charge in [-0.3, -0.25) is 14.7 Å². The van der Waals surface area contributed by atoms with Crippen LogP contribution in [0.15, 0.2) is 36.8 Å². The third kappa shape index (κ3) is 5.79. The molecule has 0 saturated carbocycles. The van der Waals surface area contributed by atoms with E-state index in [1.807, 2.05) is 24.6 Å². The van der Waals surface area contributed by atoms with Crippen LogP contribution in [0.3, 0.4) is 0 Å². The Morgan fingerprint density at radius 3 is 2.71 bits per heavy atom. The van der Waals surface area contributed by atoms with Gasteiger partial charge in [0.05, 0.1) is 28.0 Å². The number of carbonyl (C=O) groups is 2. The van der Waals surface area contributed by atoms with E-state index in [1.165, 1.54) is 12.1 Å². The predicted molar refractivity (Wildman–Crippen MR) is 151 cm³/mol. The van der Waals surface area contributed by atoms with Crippen molar-refractivity contribution < 1.29 is 14.0 Å². The normalized spacial score (nSPS) is 17.0. The van der Waals surface area contributed by atoms with Gasteiger partial charge in [-0.15, -0.1) is 0 Å². The average molecular weight is 541 g/mol. The van der Waals surface area contributed by atoms with Crippen molar-refractivity contribution in [3.8, 4) is 5.69 Å². The van der Waals surface area contributed by atoms with Crippen LogP contribution in [0.25, 0.3) is 16.6 Å². The molecule has 1 aliphatic rings. The fourth-order valence-corrected chi connectivity index (χ4v) is 5.98. The number of amides is 1. The third-order valence-electron chi connectivity index (χ3n) is 7.93. The number of benzene rings is 1. The van der Waals surface area contributed by atoms with Gasteiger partial charge in [0.2, 0.25) is 0 Å². The van der Waals surface area contributed by atoms with Crippen molar-refractivity contribution in [1.82, 2.24) is 19.4 Å². The van der Waals surface area contributed by atoms with Gasteiger partial charge in [-0.25, -0.2) is 4.39 Å². The van der Waals surface area contributed by atoms with E-state index >= 15 is 0 Å². The smallest absolute Gasteiger partial charge is 0.256 e. The van der Waals surface area contributed by atoms with Gasteiger partial charge in [0, 0.05) is 49.9 Å². The van der Waals surface area contributed by atoms with Crippen molar-refractivity contribution in [2.45, 2.75) is 65.5 Å². The number of nitrogens with zero attached hydrogens (tertiary/aromatic N) is 4. The van der Waals surface area contributed by atoms with E-state index in [2.05, 4.69) is 23.7 Å². The van der Waals surface area contributed by atoms with Crippen molar-refractivity contribution in [2.24, 2.45) is 11.8 Å². The number of rotatable bonds is 10. The Kier molecular flexibility index (Phi) is 8.89. The number of likely N-dealkylation sites (tertiary alicyclic amines) is 1. The van der Waals surface area contributed by atoms with Crippen LogP contribution in [0.2, 0.25) is 5.02 Å². The molecule has 1 fully saturated rings. The fourth-order valence-electron chi connectivity index (χ4n) is 5.70. The van der Waals surface area contributed by atoms with Crippen LogP contribution in [-0.4, -0.2) is 63.8 Å². The molecule has 0 spiro atoms. The van der Waals surface area contributed by atoms with Gasteiger partial charge in [0.25, 0.3) is 5.91 Å². The van der Waals surface area contributed by atoms with Crippen molar-refractivity contribution in [1.29, 1.82) is 0 Å². The summed E-state index contributed by atoms with van der Waals surface area (Å²) in [5.41, 5.74) is 2.78. The van der Waals surface area contributed by atoms with Crippen LogP contribution in [0, 0.1) is 17.7 Å². The van der Waals surface area contributed by atoms with E-state index in [4.69, 9.17) is 11.6 Å². The molecule has 6 nitrogen and oxygen atoms in total. The van der Waals surface area contributed by atoms with E-state index in [9.17, 15) is 14.0 Å². The number of fused-ring (bicyclic) bond motifs is 1.